The van der Waals surface area contributed by atoms with Gasteiger partial charge in [-0.1, -0.05) is 6.07 Å². The van der Waals surface area contributed by atoms with Crippen LogP contribution in [0.1, 0.15) is 29.6 Å². The van der Waals surface area contributed by atoms with Crippen LogP contribution in [0.2, 0.25) is 0 Å². The van der Waals surface area contributed by atoms with E-state index < -0.39 is 11.9 Å². The molecular weight excluding hydrogens is 312 g/mol. The van der Waals surface area contributed by atoms with E-state index >= 15 is 0 Å². The summed E-state index contributed by atoms with van der Waals surface area (Å²) in [6, 6.07) is 5.09. The lowest BCUT2D eigenvalue weighted by Gasteiger charge is -2.19. The first-order valence-electron chi connectivity index (χ1n) is 6.05. The Morgan fingerprint density at radius 1 is 1.47 bits per heavy atom. The van der Waals surface area contributed by atoms with Gasteiger partial charge >= 0.3 is 5.97 Å². The van der Waals surface area contributed by atoms with Crippen LogP contribution in [0.25, 0.3) is 0 Å². The third-order valence-corrected chi connectivity index (χ3v) is 3.85. The highest BCUT2D eigenvalue weighted by Crippen LogP contribution is 2.36. The van der Waals surface area contributed by atoms with Crippen LogP contribution in [0.15, 0.2) is 22.7 Å². The Hall–Kier alpha value is -1.56. The highest BCUT2D eigenvalue weighted by Gasteiger charge is 2.33. The molecule has 4 N–H and O–H groups in total. The number of benzene rings is 1. The van der Waals surface area contributed by atoms with Gasteiger partial charge < -0.3 is 16.2 Å². The fourth-order valence-corrected chi connectivity index (χ4v) is 2.68. The first kappa shape index (κ1) is 13.9. The van der Waals surface area contributed by atoms with E-state index in [0.717, 1.165) is 12.8 Å². The van der Waals surface area contributed by atoms with Crippen LogP contribution in [0.3, 0.4) is 0 Å². The van der Waals surface area contributed by atoms with Gasteiger partial charge in [-0.25, -0.2) is 0 Å². The molecule has 1 aliphatic rings. The van der Waals surface area contributed by atoms with Gasteiger partial charge in [0.05, 0.1) is 12.0 Å². The summed E-state index contributed by atoms with van der Waals surface area (Å²) in [5.74, 6) is -1.03. The van der Waals surface area contributed by atoms with Gasteiger partial charge in [-0.05, 0) is 46.8 Å². The summed E-state index contributed by atoms with van der Waals surface area (Å²) < 4.78 is 0.606. The first-order chi connectivity index (χ1) is 8.99. The molecule has 0 radical (unpaired) electrons. The van der Waals surface area contributed by atoms with E-state index in [1.54, 1.807) is 18.2 Å². The largest absolute Gasteiger partial charge is 0.481 e. The van der Waals surface area contributed by atoms with Gasteiger partial charge in [-0.2, -0.15) is 0 Å². The van der Waals surface area contributed by atoms with E-state index in [1.165, 1.54) is 0 Å². The quantitative estimate of drug-likeness (QED) is 0.747. The van der Waals surface area contributed by atoms with Crippen molar-refractivity contribution >= 4 is 33.5 Å². The topological polar surface area (TPSA) is 92.4 Å². The number of rotatable bonds is 6. The van der Waals surface area contributed by atoms with Gasteiger partial charge in [0.15, 0.2) is 0 Å². The molecule has 1 saturated carbocycles. The summed E-state index contributed by atoms with van der Waals surface area (Å²) in [5.41, 5.74) is 6.30. The molecule has 1 unspecified atom stereocenters. The fraction of sp³-hybridized carbons (Fsp3) is 0.385. The van der Waals surface area contributed by atoms with Gasteiger partial charge in [0, 0.05) is 16.2 Å². The SMILES string of the molecule is NC(=O)c1c(Br)cccc1NC(CC(=O)O)C1CC1. The van der Waals surface area contributed by atoms with Gasteiger partial charge in [-0.15, -0.1) is 0 Å². The van der Waals surface area contributed by atoms with Crippen LogP contribution in [0.5, 0.6) is 0 Å². The van der Waals surface area contributed by atoms with Crippen molar-refractivity contribution < 1.29 is 14.7 Å². The molecule has 19 heavy (non-hydrogen) atoms. The summed E-state index contributed by atoms with van der Waals surface area (Å²) in [5, 5.41) is 12.1. The number of carboxylic acid groups (broad SMARTS) is 1. The summed E-state index contributed by atoms with van der Waals surface area (Å²) >= 11 is 3.28. The molecule has 1 fully saturated rings. The standard InChI is InChI=1S/C13H15BrN2O3/c14-8-2-1-3-9(12(8)13(15)19)16-10(6-11(17)18)7-4-5-7/h1-3,7,10,16H,4-6H2,(H2,15,19)(H,17,18). The lowest BCUT2D eigenvalue weighted by Crippen LogP contribution is -2.27. The average molecular weight is 327 g/mol. The number of anilines is 1. The smallest absolute Gasteiger partial charge is 0.305 e. The van der Waals surface area contributed by atoms with Crippen LogP contribution < -0.4 is 11.1 Å². The van der Waals surface area contributed by atoms with Gasteiger partial charge in [-0.3, -0.25) is 9.59 Å². The van der Waals surface area contributed by atoms with E-state index in [2.05, 4.69) is 21.2 Å². The second-order valence-electron chi connectivity index (χ2n) is 4.71. The average Bonchev–Trinajstić information content (AvgIpc) is 3.10. The van der Waals surface area contributed by atoms with Crippen molar-refractivity contribution in [2.75, 3.05) is 5.32 Å². The van der Waals surface area contributed by atoms with Crippen molar-refractivity contribution in [3.63, 3.8) is 0 Å². The molecule has 5 nitrogen and oxygen atoms in total. The summed E-state index contributed by atoms with van der Waals surface area (Å²) in [6.45, 7) is 0. The molecule has 0 aliphatic heterocycles. The number of hydrogen-bond donors (Lipinski definition) is 3. The highest BCUT2D eigenvalue weighted by atomic mass is 79.9. The zero-order chi connectivity index (χ0) is 14.0. The van der Waals surface area contributed by atoms with Crippen molar-refractivity contribution in [2.45, 2.75) is 25.3 Å². The predicted molar refractivity (Wildman–Crippen MR) is 75.0 cm³/mol. The number of hydrogen-bond acceptors (Lipinski definition) is 3. The summed E-state index contributed by atoms with van der Waals surface area (Å²) in [4.78, 5) is 22.3. The molecular formula is C13H15BrN2O3. The zero-order valence-electron chi connectivity index (χ0n) is 10.2. The number of carboxylic acids is 1. The maximum absolute atomic E-state index is 11.5. The number of carbonyl (C=O) groups is 2. The number of aliphatic carboxylic acids is 1. The van der Waals surface area contributed by atoms with Gasteiger partial charge in [0.2, 0.25) is 0 Å². The Morgan fingerprint density at radius 3 is 2.68 bits per heavy atom. The van der Waals surface area contributed by atoms with Crippen LogP contribution in [0.4, 0.5) is 5.69 Å². The van der Waals surface area contributed by atoms with E-state index in [9.17, 15) is 9.59 Å². The number of amides is 1. The highest BCUT2D eigenvalue weighted by molar-refractivity contribution is 9.10. The maximum Gasteiger partial charge on any atom is 0.305 e. The third-order valence-electron chi connectivity index (χ3n) is 3.19. The van der Waals surface area contributed by atoms with Gasteiger partial charge in [0.1, 0.15) is 0 Å². The second-order valence-corrected chi connectivity index (χ2v) is 5.57. The Morgan fingerprint density at radius 2 is 2.16 bits per heavy atom. The number of nitrogens with one attached hydrogen (secondary N) is 1. The molecule has 0 saturated heterocycles. The molecule has 0 heterocycles. The molecule has 1 amide bonds. The fourth-order valence-electron chi connectivity index (χ4n) is 2.12. The number of primary amides is 1. The molecule has 102 valence electrons. The minimum Gasteiger partial charge on any atom is -0.481 e. The molecule has 2 rings (SSSR count). The lowest BCUT2D eigenvalue weighted by atomic mass is 10.1. The monoisotopic (exact) mass is 326 g/mol. The number of carbonyl (C=O) groups excluding carboxylic acids is 1. The molecule has 0 bridgehead atoms. The minimum absolute atomic E-state index is 0.0371. The lowest BCUT2D eigenvalue weighted by molar-refractivity contribution is -0.137. The summed E-state index contributed by atoms with van der Waals surface area (Å²) in [6.07, 6.45) is 2.07. The molecule has 0 aromatic heterocycles. The Bertz CT molecular complexity index is 515. The van der Waals surface area contributed by atoms with E-state index in [0.29, 0.717) is 21.6 Å². The van der Waals surface area contributed by atoms with Crippen LogP contribution in [-0.4, -0.2) is 23.0 Å². The molecule has 6 heteroatoms. The molecule has 1 aromatic carbocycles. The second kappa shape index (κ2) is 5.61. The number of halogens is 1. The predicted octanol–water partition coefficient (Wildman–Crippen LogP) is 2.21. The number of nitrogens with two attached hydrogens (primary N) is 1. The van der Waals surface area contributed by atoms with Crippen molar-refractivity contribution in [2.24, 2.45) is 11.7 Å². The molecule has 1 aromatic rings. The minimum atomic E-state index is -0.847. The third kappa shape index (κ3) is 3.47. The van der Waals surface area contributed by atoms with Crippen molar-refractivity contribution in [3.05, 3.63) is 28.2 Å². The first-order valence-corrected chi connectivity index (χ1v) is 6.85. The normalized spacial score (nSPS) is 15.8. The van der Waals surface area contributed by atoms with Crippen LogP contribution in [0, 0.1) is 5.92 Å². The van der Waals surface area contributed by atoms with Gasteiger partial charge in [0.25, 0.3) is 5.91 Å². The maximum atomic E-state index is 11.5. The van der Waals surface area contributed by atoms with Crippen molar-refractivity contribution in [3.8, 4) is 0 Å². The van der Waals surface area contributed by atoms with Crippen LogP contribution >= 0.6 is 15.9 Å². The Kier molecular flexibility index (Phi) is 4.09. The zero-order valence-corrected chi connectivity index (χ0v) is 11.8. The van der Waals surface area contributed by atoms with E-state index in [-0.39, 0.29) is 12.5 Å². The van der Waals surface area contributed by atoms with Crippen LogP contribution in [-0.2, 0) is 4.79 Å². The molecule has 1 aliphatic carbocycles. The van der Waals surface area contributed by atoms with E-state index in [4.69, 9.17) is 10.8 Å². The summed E-state index contributed by atoms with van der Waals surface area (Å²) in [7, 11) is 0. The molecule has 1 atom stereocenters. The van der Waals surface area contributed by atoms with Crippen molar-refractivity contribution in [1.82, 2.24) is 0 Å². The van der Waals surface area contributed by atoms with Crippen molar-refractivity contribution in [1.29, 1.82) is 0 Å². The molecule has 0 spiro atoms. The Labute approximate surface area is 119 Å². The van der Waals surface area contributed by atoms with E-state index in [1.807, 2.05) is 0 Å². The Balaban J connectivity index is 2.23.